The van der Waals surface area contributed by atoms with Crippen LogP contribution in [0.5, 0.6) is 5.88 Å². The van der Waals surface area contributed by atoms with Crippen molar-refractivity contribution in [2.75, 3.05) is 12.4 Å². The van der Waals surface area contributed by atoms with Gasteiger partial charge in [-0.25, -0.2) is 4.68 Å². The van der Waals surface area contributed by atoms with Crippen LogP contribution in [0.15, 0.2) is 0 Å². The van der Waals surface area contributed by atoms with E-state index >= 15 is 0 Å². The Labute approximate surface area is 85.6 Å². The van der Waals surface area contributed by atoms with Gasteiger partial charge in [-0.15, -0.1) is 0 Å². The van der Waals surface area contributed by atoms with Gasteiger partial charge in [0.1, 0.15) is 0 Å². The van der Waals surface area contributed by atoms with Crippen molar-refractivity contribution in [1.82, 2.24) is 9.78 Å². The summed E-state index contributed by atoms with van der Waals surface area (Å²) in [6, 6.07) is 0. The van der Waals surface area contributed by atoms with Gasteiger partial charge in [-0.3, -0.25) is 0 Å². The number of halogens is 1. The molecule has 0 radical (unpaired) electrons. The Balaban J connectivity index is 3.16. The molecule has 1 aromatic rings. The van der Waals surface area contributed by atoms with Crippen LogP contribution in [0.25, 0.3) is 0 Å². The fraction of sp³-hybridized carbons (Fsp3) is 0.625. The average Bonchev–Trinajstić information content (AvgIpc) is 2.39. The second-order valence-corrected chi connectivity index (χ2v) is 3.45. The molecule has 5 heteroatoms. The molecular weight excluding hydrogens is 236 g/mol. The summed E-state index contributed by atoms with van der Waals surface area (Å²) >= 11 is 3.22. The first-order valence-corrected chi connectivity index (χ1v) is 5.05. The van der Waals surface area contributed by atoms with E-state index in [4.69, 9.17) is 4.74 Å². The molecule has 0 aliphatic heterocycles. The minimum atomic E-state index is -0.566. The summed E-state index contributed by atoms with van der Waals surface area (Å²) in [4.78, 5) is 0. The van der Waals surface area contributed by atoms with E-state index in [1.165, 1.54) is 0 Å². The molecule has 1 rings (SSSR count). The Morgan fingerprint density at radius 1 is 1.69 bits per heavy atom. The van der Waals surface area contributed by atoms with Crippen molar-refractivity contribution in [3.05, 3.63) is 11.3 Å². The summed E-state index contributed by atoms with van der Waals surface area (Å²) in [5, 5.41) is 14.3. The zero-order valence-electron chi connectivity index (χ0n) is 7.91. The van der Waals surface area contributed by atoms with Crippen molar-refractivity contribution in [3.63, 3.8) is 0 Å². The molecule has 0 saturated carbocycles. The number of hydrogen-bond acceptors (Lipinski definition) is 3. The number of nitrogens with zero attached hydrogens (tertiary/aromatic N) is 2. The molecule has 1 unspecified atom stereocenters. The first-order valence-electron chi connectivity index (χ1n) is 3.93. The number of aliphatic hydroxyl groups is 1. The van der Waals surface area contributed by atoms with Crippen LogP contribution in [0, 0.1) is 6.92 Å². The van der Waals surface area contributed by atoms with Gasteiger partial charge >= 0.3 is 0 Å². The number of ether oxygens (including phenoxy) is 1. The van der Waals surface area contributed by atoms with Gasteiger partial charge in [0, 0.05) is 12.4 Å². The largest absolute Gasteiger partial charge is 0.481 e. The lowest BCUT2D eigenvalue weighted by Crippen LogP contribution is -2.02. The second kappa shape index (κ2) is 4.11. The van der Waals surface area contributed by atoms with Crippen molar-refractivity contribution in [1.29, 1.82) is 0 Å². The van der Waals surface area contributed by atoms with E-state index in [0.29, 0.717) is 11.2 Å². The highest BCUT2D eigenvalue weighted by atomic mass is 79.9. The van der Waals surface area contributed by atoms with E-state index < -0.39 is 6.10 Å². The number of hydrogen-bond donors (Lipinski definition) is 1. The van der Waals surface area contributed by atoms with Crippen molar-refractivity contribution in [2.24, 2.45) is 7.05 Å². The number of aliphatic hydroxyl groups excluding tert-OH is 1. The molecule has 1 heterocycles. The molecule has 13 heavy (non-hydrogen) atoms. The molecule has 74 valence electrons. The monoisotopic (exact) mass is 248 g/mol. The standard InChI is InChI=1S/C8H13BrN2O2/c1-5-7(6(12)4-9)8(13-3)11(2)10-5/h6,12H,4H2,1-3H3. The fourth-order valence-corrected chi connectivity index (χ4v) is 1.68. The molecule has 4 nitrogen and oxygen atoms in total. The van der Waals surface area contributed by atoms with Crippen LogP contribution >= 0.6 is 15.9 Å². The third-order valence-electron chi connectivity index (χ3n) is 1.89. The Morgan fingerprint density at radius 2 is 2.31 bits per heavy atom. The van der Waals surface area contributed by atoms with Crippen molar-refractivity contribution >= 4 is 15.9 Å². The van der Waals surface area contributed by atoms with E-state index in [1.807, 2.05) is 6.92 Å². The molecule has 0 aromatic carbocycles. The van der Waals surface area contributed by atoms with Gasteiger partial charge in [0.15, 0.2) is 0 Å². The van der Waals surface area contributed by atoms with E-state index in [-0.39, 0.29) is 0 Å². The Morgan fingerprint density at radius 3 is 2.77 bits per heavy atom. The molecule has 0 spiro atoms. The molecule has 0 saturated heterocycles. The van der Waals surface area contributed by atoms with E-state index in [1.54, 1.807) is 18.8 Å². The molecule has 0 fully saturated rings. The highest BCUT2D eigenvalue weighted by Crippen LogP contribution is 2.28. The van der Waals surface area contributed by atoms with Gasteiger partial charge < -0.3 is 9.84 Å². The van der Waals surface area contributed by atoms with Gasteiger partial charge in [-0.1, -0.05) is 15.9 Å². The normalized spacial score (nSPS) is 13.0. The molecule has 1 aromatic heterocycles. The highest BCUT2D eigenvalue weighted by Gasteiger charge is 2.20. The SMILES string of the molecule is COc1c(C(O)CBr)c(C)nn1C. The summed E-state index contributed by atoms with van der Waals surface area (Å²) in [5.74, 6) is 0.615. The van der Waals surface area contributed by atoms with Gasteiger partial charge in [-0.05, 0) is 6.92 Å². The molecule has 0 aliphatic carbocycles. The molecule has 1 N–H and O–H groups in total. The van der Waals surface area contributed by atoms with Crippen molar-refractivity contribution in [2.45, 2.75) is 13.0 Å². The van der Waals surface area contributed by atoms with E-state index in [9.17, 15) is 5.11 Å². The number of alkyl halides is 1. The Hall–Kier alpha value is -0.550. The van der Waals surface area contributed by atoms with Gasteiger partial charge in [0.25, 0.3) is 0 Å². The quantitative estimate of drug-likeness (QED) is 0.818. The number of aromatic nitrogens is 2. The van der Waals surface area contributed by atoms with Crippen molar-refractivity contribution in [3.8, 4) is 5.88 Å². The highest BCUT2D eigenvalue weighted by molar-refractivity contribution is 9.09. The first kappa shape index (κ1) is 10.5. The van der Waals surface area contributed by atoms with Crippen LogP contribution in [0.1, 0.15) is 17.4 Å². The van der Waals surface area contributed by atoms with Crippen LogP contribution in [-0.4, -0.2) is 27.3 Å². The summed E-state index contributed by atoms with van der Waals surface area (Å²) in [6.45, 7) is 1.85. The van der Waals surface area contributed by atoms with Gasteiger partial charge in [-0.2, -0.15) is 5.10 Å². The fourth-order valence-electron chi connectivity index (χ4n) is 1.36. The zero-order valence-corrected chi connectivity index (χ0v) is 9.50. The predicted octanol–water partition coefficient (Wildman–Crippen LogP) is 1.17. The zero-order chi connectivity index (χ0) is 10.0. The minimum Gasteiger partial charge on any atom is -0.481 e. The van der Waals surface area contributed by atoms with Gasteiger partial charge in [0.05, 0.1) is 24.5 Å². The molecule has 0 bridgehead atoms. The van der Waals surface area contributed by atoms with Crippen LogP contribution in [0.3, 0.4) is 0 Å². The lowest BCUT2D eigenvalue weighted by atomic mass is 10.1. The Kier molecular flexibility index (Phi) is 3.33. The average molecular weight is 249 g/mol. The molecule has 0 amide bonds. The third-order valence-corrected chi connectivity index (χ3v) is 2.50. The van der Waals surface area contributed by atoms with Gasteiger partial charge in [0.2, 0.25) is 5.88 Å². The Bertz CT molecular complexity index is 299. The second-order valence-electron chi connectivity index (χ2n) is 2.80. The third kappa shape index (κ3) is 1.86. The summed E-state index contributed by atoms with van der Waals surface area (Å²) in [5.41, 5.74) is 1.55. The smallest absolute Gasteiger partial charge is 0.217 e. The van der Waals surface area contributed by atoms with Crippen molar-refractivity contribution < 1.29 is 9.84 Å². The number of aryl methyl sites for hydroxylation is 2. The molecule has 1 atom stereocenters. The minimum absolute atomic E-state index is 0.482. The van der Waals surface area contributed by atoms with Crippen LogP contribution in [0.2, 0.25) is 0 Å². The van der Waals surface area contributed by atoms with E-state index in [2.05, 4.69) is 21.0 Å². The van der Waals surface area contributed by atoms with Crippen LogP contribution in [-0.2, 0) is 7.05 Å². The maximum Gasteiger partial charge on any atom is 0.217 e. The molecular formula is C8H13BrN2O2. The van der Waals surface area contributed by atoms with Crippen LogP contribution < -0.4 is 4.74 Å². The molecule has 0 aliphatic rings. The summed E-state index contributed by atoms with van der Waals surface area (Å²) < 4.78 is 6.76. The predicted molar refractivity (Wildman–Crippen MR) is 53.3 cm³/mol. The maximum atomic E-state index is 9.66. The lowest BCUT2D eigenvalue weighted by Gasteiger charge is -2.08. The first-order chi connectivity index (χ1) is 6.11. The number of rotatable bonds is 3. The summed E-state index contributed by atoms with van der Waals surface area (Å²) in [7, 11) is 3.36. The lowest BCUT2D eigenvalue weighted by molar-refractivity contribution is 0.198. The number of methoxy groups -OCH3 is 1. The van der Waals surface area contributed by atoms with E-state index in [0.717, 1.165) is 11.3 Å². The summed E-state index contributed by atoms with van der Waals surface area (Å²) in [6.07, 6.45) is -0.566. The topological polar surface area (TPSA) is 47.3 Å². The maximum absolute atomic E-state index is 9.66. The van der Waals surface area contributed by atoms with Crippen LogP contribution in [0.4, 0.5) is 0 Å².